The number of aliphatic hydroxyl groups excluding tert-OH is 1. The summed E-state index contributed by atoms with van der Waals surface area (Å²) in [5.74, 6) is -1.61. The number of benzene rings is 3. The van der Waals surface area contributed by atoms with Gasteiger partial charge in [-0.1, -0.05) is 35.9 Å². The minimum absolute atomic E-state index is 0.0409. The topological polar surface area (TPSA) is 116 Å². The molecule has 8 nitrogen and oxygen atoms in total. The number of aryl methyl sites for hydroxylation is 1. The van der Waals surface area contributed by atoms with Crippen molar-refractivity contribution in [1.29, 1.82) is 0 Å². The van der Waals surface area contributed by atoms with Crippen LogP contribution in [0.25, 0.3) is 16.8 Å². The number of phenols is 1. The molecule has 1 saturated heterocycles. The number of fused-ring (bicyclic) bond motifs is 1. The third-order valence-electron chi connectivity index (χ3n) is 5.85. The van der Waals surface area contributed by atoms with E-state index in [1.807, 2.05) is 31.2 Å². The molecule has 4 aromatic rings. The van der Waals surface area contributed by atoms with Gasteiger partial charge in [-0.05, 0) is 48.9 Å². The number of methoxy groups -OCH3 is 1. The van der Waals surface area contributed by atoms with E-state index < -0.39 is 17.7 Å². The number of para-hydroxylation sites is 2. The number of Topliss-reactive ketones (excluding diaryl/α,β-unsaturated/α-hetero) is 1. The van der Waals surface area contributed by atoms with Gasteiger partial charge in [-0.3, -0.25) is 14.5 Å². The SMILES string of the molecule is COc1ccc(C)cc1/C(O)=C1\C(=O)C(=O)N(c2nc3ccccc3[nH]2)C1c1cccc(O)c1. The lowest BCUT2D eigenvalue weighted by atomic mass is 9.94. The third-order valence-corrected chi connectivity index (χ3v) is 5.85. The quantitative estimate of drug-likeness (QED) is 0.241. The number of carbonyl (C=O) groups excluding carboxylic acids is 2. The number of anilines is 1. The summed E-state index contributed by atoms with van der Waals surface area (Å²) in [6.45, 7) is 1.84. The summed E-state index contributed by atoms with van der Waals surface area (Å²) in [6, 6.07) is 17.6. The van der Waals surface area contributed by atoms with Crippen molar-refractivity contribution in [2.24, 2.45) is 0 Å². The molecular formula is C26H21N3O5. The van der Waals surface area contributed by atoms with Gasteiger partial charge in [-0.15, -0.1) is 0 Å². The molecule has 0 bridgehead atoms. The molecule has 1 unspecified atom stereocenters. The van der Waals surface area contributed by atoms with Crippen LogP contribution in [0.3, 0.4) is 0 Å². The van der Waals surface area contributed by atoms with E-state index in [0.717, 1.165) is 5.56 Å². The molecule has 1 aliphatic rings. The summed E-state index contributed by atoms with van der Waals surface area (Å²) >= 11 is 0. The summed E-state index contributed by atoms with van der Waals surface area (Å²) in [6.07, 6.45) is 0. The monoisotopic (exact) mass is 455 g/mol. The van der Waals surface area contributed by atoms with Crippen LogP contribution < -0.4 is 9.64 Å². The number of ketones is 1. The zero-order valence-corrected chi connectivity index (χ0v) is 18.4. The Hall–Kier alpha value is -4.59. The lowest BCUT2D eigenvalue weighted by Gasteiger charge is -2.23. The molecule has 3 aromatic carbocycles. The summed E-state index contributed by atoms with van der Waals surface area (Å²) in [4.78, 5) is 35.4. The molecule has 2 heterocycles. The van der Waals surface area contributed by atoms with Gasteiger partial charge in [0.15, 0.2) is 0 Å². The summed E-state index contributed by atoms with van der Waals surface area (Å²) < 4.78 is 5.39. The zero-order valence-electron chi connectivity index (χ0n) is 18.4. The van der Waals surface area contributed by atoms with Crippen molar-refractivity contribution >= 4 is 34.4 Å². The van der Waals surface area contributed by atoms with Crippen LogP contribution in [-0.4, -0.2) is 39.0 Å². The minimum atomic E-state index is -1.03. The second-order valence-electron chi connectivity index (χ2n) is 8.05. The van der Waals surface area contributed by atoms with Crippen molar-refractivity contribution in [2.75, 3.05) is 12.0 Å². The lowest BCUT2D eigenvalue weighted by Crippen LogP contribution is -2.30. The van der Waals surface area contributed by atoms with Crippen molar-refractivity contribution in [1.82, 2.24) is 9.97 Å². The summed E-state index contributed by atoms with van der Waals surface area (Å²) in [5.41, 5.74) is 2.75. The van der Waals surface area contributed by atoms with Crippen LogP contribution in [0.15, 0.2) is 72.3 Å². The number of phenolic OH excluding ortho intramolecular Hbond substituents is 1. The number of rotatable bonds is 4. The average molecular weight is 455 g/mol. The molecule has 0 saturated carbocycles. The fourth-order valence-corrected chi connectivity index (χ4v) is 4.27. The molecule has 8 heteroatoms. The van der Waals surface area contributed by atoms with Crippen LogP contribution in [0, 0.1) is 6.92 Å². The molecular weight excluding hydrogens is 434 g/mol. The van der Waals surface area contributed by atoms with Crippen LogP contribution in [0.2, 0.25) is 0 Å². The van der Waals surface area contributed by atoms with Crippen molar-refractivity contribution in [3.63, 3.8) is 0 Å². The first-order chi connectivity index (χ1) is 16.4. The maximum absolute atomic E-state index is 13.3. The molecule has 1 aromatic heterocycles. The van der Waals surface area contributed by atoms with Crippen LogP contribution in [0.1, 0.15) is 22.7 Å². The number of hydrogen-bond donors (Lipinski definition) is 3. The van der Waals surface area contributed by atoms with Crippen LogP contribution in [0.4, 0.5) is 5.95 Å². The molecule has 34 heavy (non-hydrogen) atoms. The number of nitrogens with one attached hydrogen (secondary N) is 1. The smallest absolute Gasteiger partial charge is 0.302 e. The lowest BCUT2D eigenvalue weighted by molar-refractivity contribution is -0.132. The Bertz CT molecular complexity index is 1450. The van der Waals surface area contributed by atoms with E-state index in [0.29, 0.717) is 22.3 Å². The van der Waals surface area contributed by atoms with Gasteiger partial charge in [0.2, 0.25) is 5.95 Å². The number of aliphatic hydroxyl groups is 1. The first-order valence-corrected chi connectivity index (χ1v) is 10.6. The van der Waals surface area contributed by atoms with Crippen molar-refractivity contribution in [3.8, 4) is 11.5 Å². The Morgan fingerprint density at radius 2 is 1.85 bits per heavy atom. The van der Waals surface area contributed by atoms with E-state index in [9.17, 15) is 19.8 Å². The molecule has 0 aliphatic carbocycles. The molecule has 170 valence electrons. The molecule has 3 N–H and O–H groups in total. The fraction of sp³-hybridized carbons (Fsp3) is 0.115. The van der Waals surface area contributed by atoms with Crippen LogP contribution in [-0.2, 0) is 9.59 Å². The predicted octanol–water partition coefficient (Wildman–Crippen LogP) is 4.21. The fourth-order valence-electron chi connectivity index (χ4n) is 4.27. The van der Waals surface area contributed by atoms with E-state index in [4.69, 9.17) is 4.74 Å². The molecule has 0 spiro atoms. The Balaban J connectivity index is 1.77. The van der Waals surface area contributed by atoms with E-state index in [1.54, 1.807) is 30.3 Å². The summed E-state index contributed by atoms with van der Waals surface area (Å²) in [5, 5.41) is 21.5. The van der Waals surface area contributed by atoms with Gasteiger partial charge in [-0.2, -0.15) is 0 Å². The number of nitrogens with zero attached hydrogens (tertiary/aromatic N) is 2. The molecule has 0 radical (unpaired) electrons. The van der Waals surface area contributed by atoms with Crippen molar-refractivity contribution in [2.45, 2.75) is 13.0 Å². The van der Waals surface area contributed by atoms with Gasteiger partial charge in [-0.25, -0.2) is 4.98 Å². The Morgan fingerprint density at radius 3 is 2.59 bits per heavy atom. The number of ether oxygens (including phenoxy) is 1. The number of aromatic nitrogens is 2. The number of imidazole rings is 1. The number of aromatic amines is 1. The first-order valence-electron chi connectivity index (χ1n) is 10.6. The number of carbonyl (C=O) groups is 2. The first kappa shape index (κ1) is 21.3. The maximum atomic E-state index is 13.3. The highest BCUT2D eigenvalue weighted by Gasteiger charge is 2.48. The van der Waals surface area contributed by atoms with Crippen molar-refractivity contribution < 1.29 is 24.5 Å². The Kier molecular flexibility index (Phi) is 5.05. The Labute approximate surface area is 194 Å². The van der Waals surface area contributed by atoms with Crippen LogP contribution in [0.5, 0.6) is 11.5 Å². The van der Waals surface area contributed by atoms with Gasteiger partial charge in [0, 0.05) is 0 Å². The highest BCUT2D eigenvalue weighted by atomic mass is 16.5. The van der Waals surface area contributed by atoms with Gasteiger partial charge < -0.3 is 19.9 Å². The number of hydrogen-bond acceptors (Lipinski definition) is 6. The molecule has 1 atom stereocenters. The largest absolute Gasteiger partial charge is 0.508 e. The van der Waals surface area contributed by atoms with Gasteiger partial charge >= 0.3 is 5.91 Å². The highest BCUT2D eigenvalue weighted by molar-refractivity contribution is 6.51. The standard InChI is InChI=1S/C26H21N3O5/c1-14-10-11-20(34-2)17(12-14)23(31)21-22(15-6-5-7-16(30)13-15)29(25(33)24(21)32)26-27-18-8-3-4-9-19(18)28-26/h3-13,22,30-31H,1-2H3,(H,27,28)/b23-21+. The minimum Gasteiger partial charge on any atom is -0.508 e. The average Bonchev–Trinajstić information content (AvgIpc) is 3.37. The number of amides is 1. The Morgan fingerprint density at radius 1 is 1.06 bits per heavy atom. The second kappa shape index (κ2) is 8.08. The molecule has 1 aliphatic heterocycles. The number of aromatic hydroxyl groups is 1. The number of H-pyrrole nitrogens is 1. The van der Waals surface area contributed by atoms with Crippen LogP contribution >= 0.6 is 0 Å². The summed E-state index contributed by atoms with van der Waals surface area (Å²) in [7, 11) is 1.46. The van der Waals surface area contributed by atoms with Gasteiger partial charge in [0.1, 0.15) is 17.3 Å². The second-order valence-corrected chi connectivity index (χ2v) is 8.05. The van der Waals surface area contributed by atoms with Crippen molar-refractivity contribution in [3.05, 3.63) is 89.0 Å². The van der Waals surface area contributed by atoms with Gasteiger partial charge in [0.25, 0.3) is 5.78 Å². The molecule has 1 fully saturated rings. The predicted molar refractivity (Wildman–Crippen MR) is 127 cm³/mol. The molecule has 1 amide bonds. The zero-order chi connectivity index (χ0) is 24.0. The highest BCUT2D eigenvalue weighted by Crippen LogP contribution is 2.43. The van der Waals surface area contributed by atoms with Gasteiger partial charge in [0.05, 0.1) is 35.3 Å². The van der Waals surface area contributed by atoms with E-state index in [-0.39, 0.29) is 28.6 Å². The van der Waals surface area contributed by atoms with E-state index in [2.05, 4.69) is 9.97 Å². The van der Waals surface area contributed by atoms with E-state index in [1.165, 1.54) is 24.1 Å². The normalized spacial score (nSPS) is 17.5. The molecule has 5 rings (SSSR count). The maximum Gasteiger partial charge on any atom is 0.302 e. The van der Waals surface area contributed by atoms with E-state index >= 15 is 0 Å². The third kappa shape index (κ3) is 3.36.